The van der Waals surface area contributed by atoms with Crippen LogP contribution in [0.2, 0.25) is 0 Å². The Bertz CT molecular complexity index is 700. The molecule has 2 rings (SSSR count). The minimum absolute atomic E-state index is 0.258. The van der Waals surface area contributed by atoms with Gasteiger partial charge in [-0.2, -0.15) is 0 Å². The highest BCUT2D eigenvalue weighted by Crippen LogP contribution is 2.59. The molecule has 0 radical (unpaired) electrons. The average Bonchev–Trinajstić information content (AvgIpc) is 2.59. The second kappa shape index (κ2) is 8.27. The van der Waals surface area contributed by atoms with E-state index in [0.717, 1.165) is 12.0 Å². The molecule has 0 saturated heterocycles. The van der Waals surface area contributed by atoms with Crippen molar-refractivity contribution in [3.8, 4) is 0 Å². The first-order valence-corrected chi connectivity index (χ1v) is 10.0. The molecular formula is C19H23O4P. The average molecular weight is 346 g/mol. The standard InChI is InChI=1S/C19H23O4P/c1-2-9-18(16-12-7-4-8-13-16)24(22,23)14-17(19(20)21)15-10-5-3-6-11-15/h3-8,10-13,17-18H,2,9,14H2,1H3,(H,20,21)(H,22,23). The van der Waals surface area contributed by atoms with E-state index < -0.39 is 24.9 Å². The van der Waals surface area contributed by atoms with Gasteiger partial charge in [0.05, 0.1) is 11.6 Å². The highest BCUT2D eigenvalue weighted by molar-refractivity contribution is 7.58. The first kappa shape index (κ1) is 18.4. The molecule has 0 aliphatic rings. The van der Waals surface area contributed by atoms with Gasteiger partial charge in [0.15, 0.2) is 0 Å². The lowest BCUT2D eigenvalue weighted by Crippen LogP contribution is -2.18. The van der Waals surface area contributed by atoms with E-state index in [4.69, 9.17) is 0 Å². The Morgan fingerprint density at radius 3 is 1.96 bits per heavy atom. The molecule has 3 unspecified atom stereocenters. The van der Waals surface area contributed by atoms with E-state index in [-0.39, 0.29) is 6.16 Å². The van der Waals surface area contributed by atoms with Crippen molar-refractivity contribution < 1.29 is 19.4 Å². The summed E-state index contributed by atoms with van der Waals surface area (Å²) in [4.78, 5) is 22.4. The lowest BCUT2D eigenvalue weighted by molar-refractivity contribution is -0.138. The Hall–Kier alpha value is -1.90. The number of carboxylic acids is 1. The second-order valence-corrected chi connectivity index (χ2v) is 8.45. The smallest absolute Gasteiger partial charge is 0.311 e. The van der Waals surface area contributed by atoms with E-state index >= 15 is 0 Å². The van der Waals surface area contributed by atoms with Gasteiger partial charge < -0.3 is 10.00 Å². The molecule has 0 heterocycles. The lowest BCUT2D eigenvalue weighted by atomic mass is 10.0. The van der Waals surface area contributed by atoms with Crippen molar-refractivity contribution in [2.24, 2.45) is 0 Å². The van der Waals surface area contributed by atoms with Crippen molar-refractivity contribution in [2.75, 3.05) is 6.16 Å². The third-order valence-corrected chi connectivity index (χ3v) is 6.60. The summed E-state index contributed by atoms with van der Waals surface area (Å²) < 4.78 is 13.1. The molecule has 4 nitrogen and oxygen atoms in total. The number of aliphatic carboxylic acids is 1. The van der Waals surface area contributed by atoms with Crippen molar-refractivity contribution in [1.29, 1.82) is 0 Å². The zero-order valence-electron chi connectivity index (χ0n) is 13.7. The fraction of sp³-hybridized carbons (Fsp3) is 0.316. The Balaban J connectivity index is 2.32. The first-order chi connectivity index (χ1) is 11.5. The summed E-state index contributed by atoms with van der Waals surface area (Å²) in [5, 5.41) is 9.54. The predicted octanol–water partition coefficient (Wildman–Crippen LogP) is 4.67. The zero-order valence-corrected chi connectivity index (χ0v) is 14.6. The molecule has 128 valence electrons. The van der Waals surface area contributed by atoms with Gasteiger partial charge in [-0.15, -0.1) is 0 Å². The number of hydrogen-bond donors (Lipinski definition) is 2. The summed E-state index contributed by atoms with van der Waals surface area (Å²) in [5.74, 6) is -2.05. The summed E-state index contributed by atoms with van der Waals surface area (Å²) in [6.45, 7) is 1.96. The maximum atomic E-state index is 13.1. The van der Waals surface area contributed by atoms with Crippen LogP contribution in [0.3, 0.4) is 0 Å². The van der Waals surface area contributed by atoms with E-state index in [2.05, 4.69) is 0 Å². The van der Waals surface area contributed by atoms with Crippen LogP contribution in [0.25, 0.3) is 0 Å². The molecular weight excluding hydrogens is 323 g/mol. The third kappa shape index (κ3) is 4.56. The van der Waals surface area contributed by atoms with Gasteiger partial charge in [-0.3, -0.25) is 9.36 Å². The number of rotatable bonds is 8. The fourth-order valence-corrected chi connectivity index (χ4v) is 5.39. The van der Waals surface area contributed by atoms with Gasteiger partial charge in [0.25, 0.3) is 0 Å². The molecule has 2 aromatic rings. The van der Waals surface area contributed by atoms with Crippen LogP contribution in [0.5, 0.6) is 0 Å². The molecule has 3 atom stereocenters. The largest absolute Gasteiger partial charge is 0.481 e. The Morgan fingerprint density at radius 2 is 1.50 bits per heavy atom. The predicted molar refractivity (Wildman–Crippen MR) is 95.6 cm³/mol. The van der Waals surface area contributed by atoms with Crippen LogP contribution in [-0.4, -0.2) is 22.1 Å². The van der Waals surface area contributed by atoms with Crippen molar-refractivity contribution >= 4 is 13.3 Å². The summed E-state index contributed by atoms with van der Waals surface area (Å²) in [5.41, 5.74) is 0.819. The summed E-state index contributed by atoms with van der Waals surface area (Å²) >= 11 is 0. The maximum Gasteiger partial charge on any atom is 0.311 e. The minimum Gasteiger partial charge on any atom is -0.481 e. The van der Waals surface area contributed by atoms with Crippen LogP contribution in [0.15, 0.2) is 60.7 Å². The maximum absolute atomic E-state index is 13.1. The zero-order chi connectivity index (χ0) is 17.6. The van der Waals surface area contributed by atoms with Crippen LogP contribution in [-0.2, 0) is 9.36 Å². The highest BCUT2D eigenvalue weighted by Gasteiger charge is 2.37. The van der Waals surface area contributed by atoms with Gasteiger partial charge in [-0.05, 0) is 17.5 Å². The normalized spacial score (nSPS) is 16.1. The monoisotopic (exact) mass is 346 g/mol. The van der Waals surface area contributed by atoms with Crippen molar-refractivity contribution in [3.63, 3.8) is 0 Å². The quantitative estimate of drug-likeness (QED) is 0.681. The second-order valence-electron chi connectivity index (χ2n) is 5.95. The van der Waals surface area contributed by atoms with Crippen molar-refractivity contribution in [2.45, 2.75) is 31.3 Å². The van der Waals surface area contributed by atoms with E-state index in [1.54, 1.807) is 30.3 Å². The van der Waals surface area contributed by atoms with Crippen LogP contribution in [0.4, 0.5) is 0 Å². The lowest BCUT2D eigenvalue weighted by Gasteiger charge is -2.26. The van der Waals surface area contributed by atoms with Crippen LogP contribution in [0, 0.1) is 0 Å². The van der Waals surface area contributed by atoms with Gasteiger partial charge in [0.2, 0.25) is 7.37 Å². The molecule has 2 N–H and O–H groups in total. The van der Waals surface area contributed by atoms with E-state index in [1.165, 1.54) is 0 Å². The van der Waals surface area contributed by atoms with Gasteiger partial charge in [0, 0.05) is 6.16 Å². The number of hydrogen-bond acceptors (Lipinski definition) is 2. The van der Waals surface area contributed by atoms with Gasteiger partial charge in [-0.1, -0.05) is 74.0 Å². The minimum atomic E-state index is -3.70. The topological polar surface area (TPSA) is 74.6 Å². The summed E-state index contributed by atoms with van der Waals surface area (Å²) in [6.07, 6.45) is 1.05. The molecule has 0 aliphatic carbocycles. The number of benzene rings is 2. The first-order valence-electron chi connectivity index (χ1n) is 8.10. The van der Waals surface area contributed by atoms with Gasteiger partial charge >= 0.3 is 5.97 Å². The van der Waals surface area contributed by atoms with E-state index in [1.807, 2.05) is 37.3 Å². The van der Waals surface area contributed by atoms with E-state index in [0.29, 0.717) is 12.0 Å². The molecule has 0 spiro atoms. The summed E-state index contributed by atoms with van der Waals surface area (Å²) in [6, 6.07) is 17.9. The van der Waals surface area contributed by atoms with E-state index in [9.17, 15) is 19.4 Å². The van der Waals surface area contributed by atoms with Crippen LogP contribution < -0.4 is 0 Å². The summed E-state index contributed by atoms with van der Waals surface area (Å²) in [7, 11) is -3.70. The Kier molecular flexibility index (Phi) is 6.36. The number of carbonyl (C=O) groups is 1. The molecule has 0 aromatic heterocycles. The molecule has 0 amide bonds. The molecule has 0 fully saturated rings. The van der Waals surface area contributed by atoms with Crippen molar-refractivity contribution in [3.05, 3.63) is 71.8 Å². The molecule has 24 heavy (non-hydrogen) atoms. The van der Waals surface area contributed by atoms with Gasteiger partial charge in [0.1, 0.15) is 0 Å². The molecule has 0 aliphatic heterocycles. The number of carboxylic acid groups (broad SMARTS) is 1. The molecule has 0 saturated carbocycles. The van der Waals surface area contributed by atoms with Crippen LogP contribution >= 0.6 is 7.37 Å². The van der Waals surface area contributed by atoms with Crippen molar-refractivity contribution in [1.82, 2.24) is 0 Å². The fourth-order valence-electron chi connectivity index (χ4n) is 2.95. The third-order valence-electron chi connectivity index (χ3n) is 4.18. The Morgan fingerprint density at radius 1 is 1.00 bits per heavy atom. The molecule has 5 heteroatoms. The Labute approximate surface area is 142 Å². The molecule has 0 bridgehead atoms. The SMILES string of the molecule is CCCC(c1ccccc1)P(=O)(O)CC(C(=O)O)c1ccccc1. The van der Waals surface area contributed by atoms with Crippen LogP contribution in [0.1, 0.15) is 42.5 Å². The highest BCUT2D eigenvalue weighted by atomic mass is 31.2. The van der Waals surface area contributed by atoms with Gasteiger partial charge in [-0.25, -0.2) is 0 Å². The molecule has 2 aromatic carbocycles.